The van der Waals surface area contributed by atoms with Crippen molar-refractivity contribution in [1.29, 1.82) is 0 Å². The number of carbonyl (C=O) groups excluding carboxylic acids is 1. The summed E-state index contributed by atoms with van der Waals surface area (Å²) < 4.78 is 48.2. The van der Waals surface area contributed by atoms with Crippen molar-refractivity contribution in [3.63, 3.8) is 0 Å². The van der Waals surface area contributed by atoms with Gasteiger partial charge in [0, 0.05) is 17.1 Å². The van der Waals surface area contributed by atoms with Crippen molar-refractivity contribution in [3.8, 4) is 0 Å². The Balaban J connectivity index is 1.67. The van der Waals surface area contributed by atoms with Crippen LogP contribution in [-0.4, -0.2) is 39.5 Å². The summed E-state index contributed by atoms with van der Waals surface area (Å²) in [7, 11) is -7.03. The molecule has 144 valence electrons. The van der Waals surface area contributed by atoms with E-state index in [1.165, 1.54) is 24.3 Å². The zero-order chi connectivity index (χ0) is 19.7. The molecule has 1 saturated heterocycles. The number of sulfone groups is 2. The van der Waals surface area contributed by atoms with Gasteiger partial charge in [0.2, 0.25) is 0 Å². The van der Waals surface area contributed by atoms with E-state index in [4.69, 9.17) is 11.6 Å². The Morgan fingerprint density at radius 3 is 2.26 bits per heavy atom. The molecule has 0 saturated carbocycles. The number of nitrogens with one attached hydrogen (secondary N) is 1. The van der Waals surface area contributed by atoms with Crippen LogP contribution in [0.1, 0.15) is 22.3 Å². The minimum atomic E-state index is -3.73. The number of rotatable bonds is 5. The highest BCUT2D eigenvalue weighted by Gasteiger charge is 2.37. The molecule has 1 atom stereocenters. The van der Waals surface area contributed by atoms with E-state index in [9.17, 15) is 21.6 Å². The molecule has 3 rings (SSSR count). The highest BCUT2D eigenvalue weighted by atomic mass is 35.5. The number of benzene rings is 2. The molecule has 1 aliphatic heterocycles. The van der Waals surface area contributed by atoms with Crippen LogP contribution in [0.3, 0.4) is 0 Å². The van der Waals surface area contributed by atoms with E-state index in [-0.39, 0.29) is 28.7 Å². The van der Waals surface area contributed by atoms with E-state index in [1.54, 1.807) is 24.3 Å². The van der Waals surface area contributed by atoms with Crippen LogP contribution in [0.2, 0.25) is 5.02 Å². The second kappa shape index (κ2) is 7.61. The number of hydrogen-bond donors (Lipinski definition) is 1. The fraction of sp³-hybridized carbons (Fsp3) is 0.278. The van der Waals surface area contributed by atoms with Gasteiger partial charge in [-0.25, -0.2) is 16.8 Å². The number of carbonyl (C=O) groups is 1. The molecule has 0 spiro atoms. The van der Waals surface area contributed by atoms with E-state index in [0.29, 0.717) is 17.1 Å². The Labute approximate surface area is 163 Å². The van der Waals surface area contributed by atoms with Crippen molar-refractivity contribution in [2.75, 3.05) is 11.5 Å². The number of halogens is 1. The number of hydrogen-bond acceptors (Lipinski definition) is 5. The molecule has 1 fully saturated rings. The van der Waals surface area contributed by atoms with Crippen molar-refractivity contribution >= 4 is 37.2 Å². The topological polar surface area (TPSA) is 97.4 Å². The van der Waals surface area contributed by atoms with Crippen molar-refractivity contribution in [2.45, 2.75) is 23.1 Å². The van der Waals surface area contributed by atoms with Gasteiger partial charge >= 0.3 is 0 Å². The summed E-state index contributed by atoms with van der Waals surface area (Å²) in [6.45, 7) is 0.315. The summed E-state index contributed by atoms with van der Waals surface area (Å²) in [4.78, 5) is 12.2. The molecule has 1 N–H and O–H groups in total. The van der Waals surface area contributed by atoms with Gasteiger partial charge in [-0.2, -0.15) is 0 Å². The summed E-state index contributed by atoms with van der Waals surface area (Å²) in [5, 5.41) is 2.43. The highest BCUT2D eigenvalue weighted by Crippen LogP contribution is 2.25. The fourth-order valence-electron chi connectivity index (χ4n) is 2.88. The van der Waals surface area contributed by atoms with E-state index >= 15 is 0 Å². The summed E-state index contributed by atoms with van der Waals surface area (Å²) in [6.07, 6.45) is 0.105. The van der Waals surface area contributed by atoms with Gasteiger partial charge in [0.1, 0.15) is 0 Å². The lowest BCUT2D eigenvalue weighted by molar-refractivity contribution is 0.0951. The van der Waals surface area contributed by atoms with Crippen molar-refractivity contribution in [3.05, 3.63) is 64.7 Å². The first kappa shape index (κ1) is 19.9. The second-order valence-corrected chi connectivity index (χ2v) is 11.3. The monoisotopic (exact) mass is 427 g/mol. The van der Waals surface area contributed by atoms with E-state index in [1.807, 2.05) is 0 Å². The van der Waals surface area contributed by atoms with Gasteiger partial charge in [-0.15, -0.1) is 0 Å². The van der Waals surface area contributed by atoms with Crippen LogP contribution in [0.5, 0.6) is 0 Å². The average Bonchev–Trinajstić information content (AvgIpc) is 3.02. The summed E-state index contributed by atoms with van der Waals surface area (Å²) in [6, 6.07) is 12.6. The summed E-state index contributed by atoms with van der Waals surface area (Å²) in [5.74, 6) is -0.793. The smallest absolute Gasteiger partial charge is 0.251 e. The van der Waals surface area contributed by atoms with Crippen molar-refractivity contribution in [2.24, 2.45) is 0 Å². The lowest BCUT2D eigenvalue weighted by atomic mass is 10.2. The van der Waals surface area contributed by atoms with Gasteiger partial charge in [-0.3, -0.25) is 4.79 Å². The molecule has 27 heavy (non-hydrogen) atoms. The molecule has 9 heteroatoms. The third-order valence-electron chi connectivity index (χ3n) is 4.44. The number of amides is 1. The Hall–Kier alpha value is -1.90. The molecule has 1 unspecified atom stereocenters. The first-order valence-electron chi connectivity index (χ1n) is 8.24. The van der Waals surface area contributed by atoms with Crippen LogP contribution in [0.15, 0.2) is 53.4 Å². The Morgan fingerprint density at radius 2 is 1.70 bits per heavy atom. The molecular formula is C18H18ClNO5S2. The van der Waals surface area contributed by atoms with Gasteiger partial charge in [-0.1, -0.05) is 23.7 Å². The Bertz CT molecular complexity index is 1050. The van der Waals surface area contributed by atoms with Crippen molar-refractivity contribution in [1.82, 2.24) is 5.32 Å². The van der Waals surface area contributed by atoms with Crippen LogP contribution in [0.25, 0.3) is 0 Å². The minimum absolute atomic E-state index is 0.0267. The first-order chi connectivity index (χ1) is 12.7. The first-order valence-corrected chi connectivity index (χ1v) is 12.0. The maximum atomic E-state index is 12.6. The van der Waals surface area contributed by atoms with Gasteiger partial charge < -0.3 is 5.32 Å². The summed E-state index contributed by atoms with van der Waals surface area (Å²) >= 11 is 5.81. The van der Waals surface area contributed by atoms with Gasteiger partial charge in [0.05, 0.1) is 21.7 Å². The van der Waals surface area contributed by atoms with Gasteiger partial charge in [-0.05, 0) is 48.4 Å². The molecule has 0 radical (unpaired) electrons. The molecule has 1 heterocycles. The third-order valence-corrected chi connectivity index (χ3v) is 8.88. The van der Waals surface area contributed by atoms with Gasteiger partial charge in [0.25, 0.3) is 5.91 Å². The molecular weight excluding hydrogens is 410 g/mol. The SMILES string of the molecule is O=C(NCc1ccc(Cl)cc1)c1ccc(S(=O)(=O)C2CCS(=O)(=O)C2)cc1. The second-order valence-electron chi connectivity index (χ2n) is 6.40. The maximum Gasteiger partial charge on any atom is 0.251 e. The lowest BCUT2D eigenvalue weighted by Gasteiger charge is -2.11. The molecule has 1 amide bonds. The van der Waals surface area contributed by atoms with E-state index in [0.717, 1.165) is 5.56 Å². The normalized spacial score (nSPS) is 18.9. The Morgan fingerprint density at radius 1 is 1.07 bits per heavy atom. The predicted octanol–water partition coefficient (Wildman–Crippen LogP) is 2.23. The third kappa shape index (κ3) is 4.69. The van der Waals surface area contributed by atoms with Crippen molar-refractivity contribution < 1.29 is 21.6 Å². The van der Waals surface area contributed by atoms with E-state index in [2.05, 4.69) is 5.32 Å². The van der Waals surface area contributed by atoms with Crippen LogP contribution in [0.4, 0.5) is 0 Å². The average molecular weight is 428 g/mol. The molecule has 0 aliphatic carbocycles. The largest absolute Gasteiger partial charge is 0.348 e. The lowest BCUT2D eigenvalue weighted by Crippen LogP contribution is -2.24. The molecule has 0 bridgehead atoms. The quantitative estimate of drug-likeness (QED) is 0.789. The zero-order valence-corrected chi connectivity index (χ0v) is 16.6. The standard InChI is InChI=1S/C18H18ClNO5S2/c19-15-5-1-13(2-6-15)11-20-18(21)14-3-7-16(8-4-14)27(24,25)17-9-10-26(22,23)12-17/h1-8,17H,9-12H2,(H,20,21). The van der Waals surface area contributed by atoms with Gasteiger partial charge in [0.15, 0.2) is 19.7 Å². The van der Waals surface area contributed by atoms with E-state index < -0.39 is 24.9 Å². The maximum absolute atomic E-state index is 12.6. The molecule has 2 aromatic rings. The highest BCUT2D eigenvalue weighted by molar-refractivity contribution is 7.96. The Kier molecular flexibility index (Phi) is 5.60. The molecule has 2 aromatic carbocycles. The molecule has 1 aliphatic rings. The molecule has 0 aromatic heterocycles. The molecule has 6 nitrogen and oxygen atoms in total. The summed E-state index contributed by atoms with van der Waals surface area (Å²) in [5.41, 5.74) is 1.20. The van der Waals surface area contributed by atoms with Crippen LogP contribution in [0, 0.1) is 0 Å². The predicted molar refractivity (Wildman–Crippen MR) is 103 cm³/mol. The van der Waals surface area contributed by atoms with Crippen LogP contribution in [-0.2, 0) is 26.2 Å². The van der Waals surface area contributed by atoms with Crippen LogP contribution >= 0.6 is 11.6 Å². The fourth-order valence-corrected chi connectivity index (χ4v) is 7.37. The van der Waals surface area contributed by atoms with Crippen LogP contribution < -0.4 is 5.32 Å². The minimum Gasteiger partial charge on any atom is -0.348 e. The zero-order valence-electron chi connectivity index (χ0n) is 14.3.